The van der Waals surface area contributed by atoms with Crippen LogP contribution < -0.4 is 0 Å². The summed E-state index contributed by atoms with van der Waals surface area (Å²) in [6.07, 6.45) is 4.87. The second kappa shape index (κ2) is 8.13. The molecule has 0 saturated carbocycles. The molecule has 5 nitrogen and oxygen atoms in total. The molecule has 0 spiro atoms. The average molecular weight is 362 g/mol. The minimum atomic E-state index is -0.457. The van der Waals surface area contributed by atoms with E-state index in [1.54, 1.807) is 60.0 Å². The number of rotatable bonds is 6. The minimum Gasteiger partial charge on any atom is -0.289 e. The quantitative estimate of drug-likeness (QED) is 0.196. The Hall–Kier alpha value is -3.38. The molecule has 128 valence electrons. The first-order valence-electron chi connectivity index (χ1n) is 7.76. The standard InChI is InChI=1S/C20H14N2O3S/c23-20(12-5-15-3-10-18(11-4-15)22(24)25)16-6-8-17(9-7-16)21-14-19-2-1-13-26-19/h1-14H/b12-5+,21-14?. The second-order valence-corrected chi connectivity index (χ2v) is 6.35. The second-order valence-electron chi connectivity index (χ2n) is 5.37. The maximum absolute atomic E-state index is 12.2. The van der Waals surface area contributed by atoms with Gasteiger partial charge in [-0.25, -0.2) is 0 Å². The SMILES string of the molecule is O=C(/C=C/c1ccc([N+](=O)[O-])cc1)c1ccc(N=Cc2cccs2)cc1. The number of aliphatic imine (C=N–C) groups is 1. The van der Waals surface area contributed by atoms with Gasteiger partial charge >= 0.3 is 0 Å². The fraction of sp³-hybridized carbons (Fsp3) is 0. The van der Waals surface area contributed by atoms with Crippen LogP contribution in [0.4, 0.5) is 11.4 Å². The number of nitrogens with zero attached hydrogens (tertiary/aromatic N) is 2. The first-order chi connectivity index (χ1) is 12.6. The molecule has 6 heteroatoms. The lowest BCUT2D eigenvalue weighted by Gasteiger charge is -1.98. The molecule has 0 aliphatic heterocycles. The molecule has 2 aromatic carbocycles. The Morgan fingerprint density at radius 2 is 1.77 bits per heavy atom. The maximum atomic E-state index is 12.2. The van der Waals surface area contributed by atoms with E-state index in [2.05, 4.69) is 4.99 Å². The number of thiophene rings is 1. The van der Waals surface area contributed by atoms with E-state index in [1.807, 2.05) is 17.5 Å². The fourth-order valence-corrected chi connectivity index (χ4v) is 2.77. The highest BCUT2D eigenvalue weighted by atomic mass is 32.1. The number of benzene rings is 2. The van der Waals surface area contributed by atoms with Gasteiger partial charge in [0.25, 0.3) is 5.69 Å². The highest BCUT2D eigenvalue weighted by Gasteiger charge is 2.04. The zero-order chi connectivity index (χ0) is 18.4. The van der Waals surface area contributed by atoms with Gasteiger partial charge in [-0.3, -0.25) is 19.9 Å². The van der Waals surface area contributed by atoms with Crippen LogP contribution >= 0.6 is 11.3 Å². The van der Waals surface area contributed by atoms with Crippen LogP contribution in [0.2, 0.25) is 0 Å². The van der Waals surface area contributed by atoms with Crippen LogP contribution in [-0.4, -0.2) is 16.9 Å². The number of nitro groups is 1. The zero-order valence-electron chi connectivity index (χ0n) is 13.6. The van der Waals surface area contributed by atoms with Crippen molar-refractivity contribution < 1.29 is 9.72 Å². The van der Waals surface area contributed by atoms with Crippen LogP contribution in [0.3, 0.4) is 0 Å². The summed E-state index contributed by atoms with van der Waals surface area (Å²) in [4.78, 5) is 27.8. The van der Waals surface area contributed by atoms with E-state index in [9.17, 15) is 14.9 Å². The molecule has 1 aromatic heterocycles. The van der Waals surface area contributed by atoms with Gasteiger partial charge in [0, 0.05) is 28.8 Å². The predicted octanol–water partition coefficient (Wildman–Crippen LogP) is 5.30. The fourth-order valence-electron chi connectivity index (χ4n) is 2.19. The van der Waals surface area contributed by atoms with Gasteiger partial charge < -0.3 is 0 Å². The highest BCUT2D eigenvalue weighted by molar-refractivity contribution is 7.11. The molecule has 0 unspecified atom stereocenters. The normalized spacial score (nSPS) is 11.2. The summed E-state index contributed by atoms with van der Waals surface area (Å²) < 4.78 is 0. The maximum Gasteiger partial charge on any atom is 0.269 e. The molecule has 0 radical (unpaired) electrons. The van der Waals surface area contributed by atoms with E-state index >= 15 is 0 Å². The summed E-state index contributed by atoms with van der Waals surface area (Å²) in [5, 5.41) is 12.6. The first-order valence-corrected chi connectivity index (χ1v) is 8.64. The van der Waals surface area contributed by atoms with Gasteiger partial charge in [-0.15, -0.1) is 11.3 Å². The Morgan fingerprint density at radius 1 is 1.04 bits per heavy atom. The predicted molar refractivity (Wildman–Crippen MR) is 104 cm³/mol. The van der Waals surface area contributed by atoms with Crippen molar-refractivity contribution in [3.63, 3.8) is 0 Å². The number of allylic oxidation sites excluding steroid dienone is 1. The number of hydrogen-bond acceptors (Lipinski definition) is 5. The van der Waals surface area contributed by atoms with Crippen molar-refractivity contribution in [3.8, 4) is 0 Å². The summed E-state index contributed by atoms with van der Waals surface area (Å²) in [5.41, 5.74) is 2.07. The molecule has 3 rings (SSSR count). The van der Waals surface area contributed by atoms with Crippen LogP contribution in [0.15, 0.2) is 77.1 Å². The molecule has 0 amide bonds. The van der Waals surface area contributed by atoms with Gasteiger partial charge in [-0.2, -0.15) is 0 Å². The van der Waals surface area contributed by atoms with Crippen molar-refractivity contribution in [2.75, 3.05) is 0 Å². The topological polar surface area (TPSA) is 72.6 Å². The number of non-ortho nitro benzene ring substituents is 1. The first kappa shape index (κ1) is 17.4. The Balaban J connectivity index is 1.65. The van der Waals surface area contributed by atoms with Crippen LogP contribution in [0, 0.1) is 10.1 Å². The summed E-state index contributed by atoms with van der Waals surface area (Å²) >= 11 is 1.61. The lowest BCUT2D eigenvalue weighted by atomic mass is 10.1. The third-order valence-electron chi connectivity index (χ3n) is 3.57. The van der Waals surface area contributed by atoms with Crippen LogP contribution in [-0.2, 0) is 0 Å². The molecule has 26 heavy (non-hydrogen) atoms. The molecule has 0 atom stereocenters. The summed E-state index contributed by atoms with van der Waals surface area (Å²) in [6, 6.07) is 17.0. The molecule has 0 aliphatic carbocycles. The van der Waals surface area contributed by atoms with E-state index < -0.39 is 4.92 Å². The summed E-state index contributed by atoms with van der Waals surface area (Å²) in [7, 11) is 0. The van der Waals surface area contributed by atoms with Gasteiger partial charge in [-0.05, 0) is 59.5 Å². The third-order valence-corrected chi connectivity index (χ3v) is 4.37. The van der Waals surface area contributed by atoms with Crippen LogP contribution in [0.5, 0.6) is 0 Å². The van der Waals surface area contributed by atoms with Crippen molar-refractivity contribution in [1.29, 1.82) is 0 Å². The third kappa shape index (κ3) is 4.58. The smallest absolute Gasteiger partial charge is 0.269 e. The molecule has 1 heterocycles. The number of carbonyl (C=O) groups excluding carboxylic acids is 1. The summed E-state index contributed by atoms with van der Waals surface area (Å²) in [5.74, 6) is -0.142. The van der Waals surface area contributed by atoms with E-state index in [4.69, 9.17) is 0 Å². The van der Waals surface area contributed by atoms with Crippen LogP contribution in [0.1, 0.15) is 20.8 Å². The van der Waals surface area contributed by atoms with Crippen molar-refractivity contribution in [3.05, 3.63) is 98.2 Å². The molecule has 0 fully saturated rings. The van der Waals surface area contributed by atoms with Gasteiger partial charge in [0.1, 0.15) is 0 Å². The van der Waals surface area contributed by atoms with Crippen molar-refractivity contribution in [2.45, 2.75) is 0 Å². The highest BCUT2D eigenvalue weighted by Crippen LogP contribution is 2.16. The van der Waals surface area contributed by atoms with Gasteiger partial charge in [0.15, 0.2) is 5.78 Å². The largest absolute Gasteiger partial charge is 0.289 e. The number of nitro benzene ring substituents is 1. The summed E-state index contributed by atoms with van der Waals surface area (Å²) in [6.45, 7) is 0. The Bertz CT molecular complexity index is 957. The van der Waals surface area contributed by atoms with Gasteiger partial charge in [0.2, 0.25) is 0 Å². The van der Waals surface area contributed by atoms with Crippen molar-refractivity contribution in [2.24, 2.45) is 4.99 Å². The van der Waals surface area contributed by atoms with Crippen LogP contribution in [0.25, 0.3) is 6.08 Å². The van der Waals surface area contributed by atoms with Crippen molar-refractivity contribution >= 4 is 40.8 Å². The molecule has 0 bridgehead atoms. The lowest BCUT2D eigenvalue weighted by molar-refractivity contribution is -0.384. The van der Waals surface area contributed by atoms with E-state index in [-0.39, 0.29) is 11.5 Å². The number of carbonyl (C=O) groups is 1. The molecule has 3 aromatic rings. The molecule has 0 N–H and O–H groups in total. The van der Waals surface area contributed by atoms with Gasteiger partial charge in [-0.1, -0.05) is 12.1 Å². The van der Waals surface area contributed by atoms with E-state index in [1.165, 1.54) is 18.2 Å². The van der Waals surface area contributed by atoms with E-state index in [0.717, 1.165) is 16.1 Å². The molecular weight excluding hydrogens is 348 g/mol. The average Bonchev–Trinajstić information content (AvgIpc) is 3.19. The molecule has 0 saturated heterocycles. The van der Waals surface area contributed by atoms with E-state index in [0.29, 0.717) is 5.56 Å². The molecular formula is C20H14N2O3S. The molecule has 0 aliphatic rings. The number of ketones is 1. The Labute approximate surface area is 154 Å². The lowest BCUT2D eigenvalue weighted by Crippen LogP contribution is -1.93. The van der Waals surface area contributed by atoms with Gasteiger partial charge in [0.05, 0.1) is 10.6 Å². The Kier molecular flexibility index (Phi) is 5.46. The minimum absolute atomic E-state index is 0.0205. The Morgan fingerprint density at radius 3 is 2.38 bits per heavy atom. The monoisotopic (exact) mass is 362 g/mol. The number of hydrogen-bond donors (Lipinski definition) is 0. The van der Waals surface area contributed by atoms with Crippen molar-refractivity contribution in [1.82, 2.24) is 0 Å². The zero-order valence-corrected chi connectivity index (χ0v) is 14.4.